The Morgan fingerprint density at radius 2 is 0.909 bits per heavy atom. The maximum atomic E-state index is 12.4. The maximum Gasteiger partial charge on any atom is 0.469 e. The van der Waals surface area contributed by atoms with Gasteiger partial charge in [-0.25, -0.2) is 4.57 Å². The minimum atomic E-state index is -4.78. The molecule has 0 spiro atoms. The fraction of sp³-hybridized carbons (Fsp3) is 0.844. The third-order valence-corrected chi connectivity index (χ3v) is 10.4. The van der Waals surface area contributed by atoms with Crippen molar-refractivity contribution in [3.63, 3.8) is 0 Å². The predicted molar refractivity (Wildman–Crippen MR) is 226 cm³/mol. The zero-order chi connectivity index (χ0) is 40.5. The van der Waals surface area contributed by atoms with Crippen LogP contribution in [0.4, 0.5) is 0 Å². The molecule has 0 rings (SSSR count). The molecule has 9 nitrogen and oxygen atoms in total. The van der Waals surface area contributed by atoms with Gasteiger partial charge in [-0.05, 0) is 38.2 Å². The summed E-state index contributed by atoms with van der Waals surface area (Å²) in [5.41, 5.74) is 0. The van der Waals surface area contributed by atoms with E-state index >= 15 is 0 Å². The summed E-state index contributed by atoms with van der Waals surface area (Å²) in [6.45, 7) is 3.56. The normalized spacial score (nSPS) is 12.5. The average Bonchev–Trinajstić information content (AvgIpc) is 3.15. The molecule has 0 amide bonds. The molecule has 0 aliphatic carbocycles. The smallest absolute Gasteiger partial charge is 0.462 e. The Bertz CT molecular complexity index is 1010. The van der Waals surface area contributed by atoms with Crippen molar-refractivity contribution in [1.82, 2.24) is 0 Å². The fourth-order valence-electron chi connectivity index (χ4n) is 6.53. The van der Waals surface area contributed by atoms with Gasteiger partial charge in [0, 0.05) is 19.3 Å². The van der Waals surface area contributed by atoms with Crippen molar-refractivity contribution >= 4 is 25.5 Å². The number of carbonyl (C=O) groups is 3. The molecule has 55 heavy (non-hydrogen) atoms. The molecular formula is C45H83O9P. The monoisotopic (exact) mass is 799 g/mol. The molecule has 322 valence electrons. The third kappa shape index (κ3) is 43.2. The van der Waals surface area contributed by atoms with Crippen LogP contribution in [0.3, 0.4) is 0 Å². The van der Waals surface area contributed by atoms with E-state index in [1.165, 1.54) is 128 Å². The molecule has 0 saturated heterocycles. The molecule has 0 unspecified atom stereocenters. The number of phosphoric ester groups is 1. The standard InChI is InChI=1S/C45H83O9P/c1-3-5-7-9-11-12-13-14-15-16-17-18-19-20-21-22-23-24-26-30-35-39-45(48)54-43(41-53-55(49,50)51)40-52-44(47)38-34-31-27-29-33-37-42(46)36-32-28-25-10-8-6-4-2/h25,28,32,36,43H,3-24,26-27,29-31,33-35,37-41H2,1-2H3,(H2,49,50,51)/b28-25-,36-32+/t43-/m1/s1. The van der Waals surface area contributed by atoms with Gasteiger partial charge in [0.1, 0.15) is 6.61 Å². The van der Waals surface area contributed by atoms with Gasteiger partial charge >= 0.3 is 19.8 Å². The van der Waals surface area contributed by atoms with Gasteiger partial charge in [0.2, 0.25) is 0 Å². The Morgan fingerprint density at radius 3 is 1.36 bits per heavy atom. The van der Waals surface area contributed by atoms with Crippen molar-refractivity contribution in [1.29, 1.82) is 0 Å². The van der Waals surface area contributed by atoms with Crippen LogP contribution < -0.4 is 0 Å². The Hall–Kier alpha value is -1.80. The number of allylic oxidation sites excluding steroid dienone is 4. The molecule has 0 aromatic heterocycles. The van der Waals surface area contributed by atoms with Crippen molar-refractivity contribution in [2.24, 2.45) is 0 Å². The van der Waals surface area contributed by atoms with E-state index < -0.39 is 32.5 Å². The number of esters is 2. The van der Waals surface area contributed by atoms with Crippen LogP contribution in [-0.2, 0) is 32.9 Å². The number of ether oxygens (including phenoxy) is 2. The molecule has 0 aromatic rings. The zero-order valence-corrected chi connectivity index (χ0v) is 36.2. The summed E-state index contributed by atoms with van der Waals surface area (Å²) in [7, 11) is -4.78. The van der Waals surface area contributed by atoms with E-state index in [2.05, 4.69) is 24.4 Å². The Morgan fingerprint density at radius 1 is 0.509 bits per heavy atom. The highest BCUT2D eigenvalue weighted by atomic mass is 31.2. The van der Waals surface area contributed by atoms with Crippen LogP contribution in [0.2, 0.25) is 0 Å². The van der Waals surface area contributed by atoms with Crippen LogP contribution in [0.5, 0.6) is 0 Å². The van der Waals surface area contributed by atoms with Crippen LogP contribution in [-0.4, -0.2) is 46.8 Å². The lowest BCUT2D eigenvalue weighted by Crippen LogP contribution is -2.29. The molecule has 0 aliphatic heterocycles. The van der Waals surface area contributed by atoms with Crippen molar-refractivity contribution in [3.05, 3.63) is 24.3 Å². The lowest BCUT2D eigenvalue weighted by molar-refractivity contribution is -0.161. The molecule has 0 aliphatic rings. The number of hydrogen-bond donors (Lipinski definition) is 2. The van der Waals surface area contributed by atoms with Gasteiger partial charge < -0.3 is 19.3 Å². The van der Waals surface area contributed by atoms with Gasteiger partial charge in [-0.1, -0.05) is 193 Å². The number of unbranched alkanes of at least 4 members (excludes halogenated alkanes) is 27. The van der Waals surface area contributed by atoms with Gasteiger partial charge in [-0.3, -0.25) is 18.9 Å². The summed E-state index contributed by atoms with van der Waals surface area (Å²) in [6, 6.07) is 0. The summed E-state index contributed by atoms with van der Waals surface area (Å²) in [6.07, 6.45) is 43.0. The van der Waals surface area contributed by atoms with Crippen molar-refractivity contribution in [2.75, 3.05) is 13.2 Å². The van der Waals surface area contributed by atoms with E-state index in [9.17, 15) is 18.9 Å². The number of phosphoric acid groups is 1. The van der Waals surface area contributed by atoms with E-state index in [0.29, 0.717) is 19.3 Å². The highest BCUT2D eigenvalue weighted by Gasteiger charge is 2.23. The third-order valence-electron chi connectivity index (χ3n) is 9.95. The van der Waals surface area contributed by atoms with E-state index in [0.717, 1.165) is 51.4 Å². The zero-order valence-electron chi connectivity index (χ0n) is 35.3. The van der Waals surface area contributed by atoms with Gasteiger partial charge in [0.05, 0.1) is 6.61 Å². The Kier molecular flexibility index (Phi) is 39.1. The summed E-state index contributed by atoms with van der Waals surface area (Å²) >= 11 is 0. The number of hydrogen-bond acceptors (Lipinski definition) is 7. The largest absolute Gasteiger partial charge is 0.469 e. The van der Waals surface area contributed by atoms with E-state index in [1.807, 2.05) is 12.2 Å². The lowest BCUT2D eigenvalue weighted by Gasteiger charge is -2.18. The number of ketones is 1. The first-order valence-electron chi connectivity index (χ1n) is 22.6. The van der Waals surface area contributed by atoms with Crippen molar-refractivity contribution in [3.8, 4) is 0 Å². The number of rotatable bonds is 42. The molecule has 10 heteroatoms. The summed E-state index contributed by atoms with van der Waals surface area (Å²) in [5, 5.41) is 0. The number of carbonyl (C=O) groups excluding carboxylic acids is 3. The average molecular weight is 799 g/mol. The lowest BCUT2D eigenvalue weighted by atomic mass is 10.0. The first-order valence-corrected chi connectivity index (χ1v) is 24.1. The highest BCUT2D eigenvalue weighted by Crippen LogP contribution is 2.36. The van der Waals surface area contributed by atoms with Crippen LogP contribution >= 0.6 is 7.82 Å². The molecule has 1 atom stereocenters. The second-order valence-corrected chi connectivity index (χ2v) is 16.7. The molecular weight excluding hydrogens is 715 g/mol. The Balaban J connectivity index is 3.90. The molecule has 0 heterocycles. The second kappa shape index (κ2) is 40.4. The van der Waals surface area contributed by atoms with Crippen LogP contribution in [0.15, 0.2) is 24.3 Å². The SMILES string of the molecule is CCCCC/C=C\C=C\C(=O)CCCCCCCC(=O)OC[C@H](COP(=O)(O)O)OC(=O)CCCCCCCCCCCCCCCCCCCCCCC. The molecule has 0 aromatic carbocycles. The molecule has 0 radical (unpaired) electrons. The fourth-order valence-corrected chi connectivity index (χ4v) is 6.89. The molecule has 0 saturated carbocycles. The maximum absolute atomic E-state index is 12.4. The summed E-state index contributed by atoms with van der Waals surface area (Å²) in [5.74, 6) is -0.846. The van der Waals surface area contributed by atoms with Crippen molar-refractivity contribution in [2.45, 2.75) is 232 Å². The highest BCUT2D eigenvalue weighted by molar-refractivity contribution is 7.46. The van der Waals surface area contributed by atoms with Gasteiger partial charge in [0.25, 0.3) is 0 Å². The minimum absolute atomic E-state index is 0.121. The van der Waals surface area contributed by atoms with E-state index in [4.69, 9.17) is 19.3 Å². The Labute approximate surface area is 336 Å². The van der Waals surface area contributed by atoms with Crippen LogP contribution in [0.1, 0.15) is 226 Å². The van der Waals surface area contributed by atoms with Crippen LogP contribution in [0, 0.1) is 0 Å². The van der Waals surface area contributed by atoms with Crippen molar-refractivity contribution < 1.29 is 42.7 Å². The van der Waals surface area contributed by atoms with Gasteiger partial charge in [-0.2, -0.15) is 0 Å². The van der Waals surface area contributed by atoms with E-state index in [-0.39, 0.29) is 25.2 Å². The van der Waals surface area contributed by atoms with Gasteiger partial charge in [0.15, 0.2) is 11.9 Å². The summed E-state index contributed by atoms with van der Waals surface area (Å²) in [4.78, 5) is 54.9. The quantitative estimate of drug-likeness (QED) is 0.0203. The molecule has 0 bridgehead atoms. The second-order valence-electron chi connectivity index (χ2n) is 15.4. The first kappa shape index (κ1) is 53.2. The minimum Gasteiger partial charge on any atom is -0.462 e. The summed E-state index contributed by atoms with van der Waals surface area (Å²) < 4.78 is 26.4. The van der Waals surface area contributed by atoms with E-state index in [1.54, 1.807) is 6.08 Å². The van der Waals surface area contributed by atoms with Crippen LogP contribution in [0.25, 0.3) is 0 Å². The molecule has 2 N–H and O–H groups in total. The first-order chi connectivity index (χ1) is 26.7. The predicted octanol–water partition coefficient (Wildman–Crippen LogP) is 13.1. The molecule has 0 fully saturated rings. The topological polar surface area (TPSA) is 136 Å². The van der Waals surface area contributed by atoms with Gasteiger partial charge in [-0.15, -0.1) is 0 Å².